The van der Waals surface area contributed by atoms with E-state index >= 15 is 0 Å². The van der Waals surface area contributed by atoms with Crippen molar-refractivity contribution in [3.63, 3.8) is 0 Å². The van der Waals surface area contributed by atoms with Gasteiger partial charge in [-0.3, -0.25) is 0 Å². The van der Waals surface area contributed by atoms with Crippen molar-refractivity contribution in [2.24, 2.45) is 0 Å². The highest BCUT2D eigenvalue weighted by Crippen LogP contribution is 2.42. The quantitative estimate of drug-likeness (QED) is 0.727. The van der Waals surface area contributed by atoms with E-state index in [-0.39, 0.29) is 6.04 Å². The topological polar surface area (TPSA) is 52.5 Å². The summed E-state index contributed by atoms with van der Waals surface area (Å²) in [7, 11) is 0. The average molecular weight is 275 g/mol. The lowest BCUT2D eigenvalue weighted by atomic mass is 9.96. The van der Waals surface area contributed by atoms with Gasteiger partial charge in [0, 0.05) is 6.04 Å². The number of benzene rings is 1. The van der Waals surface area contributed by atoms with Crippen LogP contribution in [0.25, 0.3) is 0 Å². The summed E-state index contributed by atoms with van der Waals surface area (Å²) >= 11 is 0. The Morgan fingerprint density at radius 1 is 1.16 bits per heavy atom. The van der Waals surface area contributed by atoms with E-state index in [4.69, 9.17) is 0 Å². The minimum atomic E-state index is -4.66. The van der Waals surface area contributed by atoms with Crippen molar-refractivity contribution in [3.8, 4) is 11.5 Å². The van der Waals surface area contributed by atoms with Crippen molar-refractivity contribution >= 4 is 0 Å². The molecule has 1 aromatic carbocycles. The maximum absolute atomic E-state index is 12.5. The first kappa shape index (κ1) is 14.0. The van der Waals surface area contributed by atoms with Gasteiger partial charge in [-0.15, -0.1) is 0 Å². The van der Waals surface area contributed by atoms with Gasteiger partial charge >= 0.3 is 6.18 Å². The fourth-order valence-electron chi connectivity index (χ4n) is 2.38. The maximum atomic E-state index is 12.5. The van der Waals surface area contributed by atoms with Crippen LogP contribution < -0.4 is 5.32 Å². The Morgan fingerprint density at radius 3 is 2.47 bits per heavy atom. The first-order chi connectivity index (χ1) is 8.89. The summed E-state index contributed by atoms with van der Waals surface area (Å²) in [6, 6.07) is 2.18. The third-order valence-electron chi connectivity index (χ3n) is 3.42. The summed E-state index contributed by atoms with van der Waals surface area (Å²) in [5, 5.41) is 22.4. The van der Waals surface area contributed by atoms with Gasteiger partial charge in [-0.05, 0) is 37.4 Å². The molecule has 6 heteroatoms. The summed E-state index contributed by atoms with van der Waals surface area (Å²) in [6.07, 6.45) is -1.19. The van der Waals surface area contributed by atoms with Crippen molar-refractivity contribution in [3.05, 3.63) is 23.3 Å². The molecular formula is C13H16F3NO2. The van der Waals surface area contributed by atoms with E-state index in [2.05, 4.69) is 5.32 Å². The fourth-order valence-corrected chi connectivity index (χ4v) is 2.38. The second-order valence-corrected chi connectivity index (χ2v) is 4.82. The molecule has 106 valence electrons. The Balaban J connectivity index is 2.21. The molecule has 0 aromatic heterocycles. The fraction of sp³-hybridized carbons (Fsp3) is 0.538. The first-order valence-corrected chi connectivity index (χ1v) is 6.24. The predicted molar refractivity (Wildman–Crippen MR) is 64.1 cm³/mol. The molecule has 1 fully saturated rings. The van der Waals surface area contributed by atoms with Crippen LogP contribution in [0.3, 0.4) is 0 Å². The van der Waals surface area contributed by atoms with Gasteiger partial charge in [-0.1, -0.05) is 12.5 Å². The molecule has 1 aliphatic rings. The number of alkyl halides is 3. The standard InChI is InChI=1S/C13H16F3NO2/c14-13(15,16)10-5-4-8(11(18)12(10)19)7-9-3-1-2-6-17-9/h4-5,9,17-19H,1-3,6-7H2. The summed E-state index contributed by atoms with van der Waals surface area (Å²) in [5.74, 6) is -1.75. The van der Waals surface area contributed by atoms with Gasteiger partial charge in [0.2, 0.25) is 0 Å². The van der Waals surface area contributed by atoms with E-state index in [1.54, 1.807) is 0 Å². The van der Waals surface area contributed by atoms with Gasteiger partial charge in [-0.25, -0.2) is 0 Å². The Bertz CT molecular complexity index is 454. The molecule has 1 atom stereocenters. The molecule has 3 N–H and O–H groups in total. The molecule has 1 unspecified atom stereocenters. The maximum Gasteiger partial charge on any atom is 0.420 e. The summed E-state index contributed by atoms with van der Waals surface area (Å²) in [5.41, 5.74) is -0.866. The zero-order valence-corrected chi connectivity index (χ0v) is 10.3. The van der Waals surface area contributed by atoms with Gasteiger partial charge in [0.15, 0.2) is 11.5 Å². The molecule has 0 amide bonds. The Morgan fingerprint density at radius 2 is 1.89 bits per heavy atom. The molecule has 0 saturated carbocycles. The average Bonchev–Trinajstić information content (AvgIpc) is 2.35. The zero-order chi connectivity index (χ0) is 14.0. The lowest BCUT2D eigenvalue weighted by molar-refractivity contribution is -0.138. The zero-order valence-electron chi connectivity index (χ0n) is 10.3. The smallest absolute Gasteiger partial charge is 0.420 e. The Hall–Kier alpha value is -1.43. The van der Waals surface area contributed by atoms with Gasteiger partial charge in [-0.2, -0.15) is 13.2 Å². The molecule has 1 saturated heterocycles. The van der Waals surface area contributed by atoms with E-state index in [1.807, 2.05) is 0 Å². The van der Waals surface area contributed by atoms with Crippen molar-refractivity contribution in [2.45, 2.75) is 37.9 Å². The van der Waals surface area contributed by atoms with Crippen LogP contribution >= 0.6 is 0 Å². The molecular weight excluding hydrogens is 259 g/mol. The van der Waals surface area contributed by atoms with Crippen LogP contribution in [-0.4, -0.2) is 22.8 Å². The van der Waals surface area contributed by atoms with Crippen molar-refractivity contribution in [2.75, 3.05) is 6.54 Å². The number of halogens is 3. The summed E-state index contributed by atoms with van der Waals surface area (Å²) < 4.78 is 37.6. The molecule has 1 aromatic rings. The number of piperidine rings is 1. The lowest BCUT2D eigenvalue weighted by Crippen LogP contribution is -2.35. The van der Waals surface area contributed by atoms with Crippen LogP contribution in [-0.2, 0) is 12.6 Å². The first-order valence-electron chi connectivity index (χ1n) is 6.24. The van der Waals surface area contributed by atoms with Crippen LogP contribution in [0.15, 0.2) is 12.1 Å². The number of hydrogen-bond acceptors (Lipinski definition) is 3. The molecule has 1 aliphatic heterocycles. The molecule has 19 heavy (non-hydrogen) atoms. The van der Waals surface area contributed by atoms with Crippen LogP contribution in [0.4, 0.5) is 13.2 Å². The van der Waals surface area contributed by atoms with Crippen LogP contribution in [0.2, 0.25) is 0 Å². The number of nitrogens with one attached hydrogen (secondary N) is 1. The van der Waals surface area contributed by atoms with E-state index in [1.165, 1.54) is 6.07 Å². The van der Waals surface area contributed by atoms with Crippen molar-refractivity contribution in [1.29, 1.82) is 0 Å². The Labute approximate surface area is 109 Å². The molecule has 0 bridgehead atoms. The van der Waals surface area contributed by atoms with Gasteiger partial charge in [0.25, 0.3) is 0 Å². The van der Waals surface area contributed by atoms with E-state index in [0.29, 0.717) is 12.0 Å². The minimum Gasteiger partial charge on any atom is -0.504 e. The minimum absolute atomic E-state index is 0.135. The van der Waals surface area contributed by atoms with Gasteiger partial charge in [0.05, 0.1) is 0 Å². The SMILES string of the molecule is Oc1c(CC2CCCCN2)ccc(C(F)(F)F)c1O. The normalized spacial score (nSPS) is 20.5. The Kier molecular flexibility index (Phi) is 3.89. The number of phenolic OH excluding ortho intramolecular Hbond substituents is 2. The number of phenols is 2. The van der Waals surface area contributed by atoms with Gasteiger partial charge in [0.1, 0.15) is 5.56 Å². The van der Waals surface area contributed by atoms with Crippen molar-refractivity contribution < 1.29 is 23.4 Å². The highest BCUT2D eigenvalue weighted by Gasteiger charge is 2.35. The van der Waals surface area contributed by atoms with Gasteiger partial charge < -0.3 is 15.5 Å². The van der Waals surface area contributed by atoms with Crippen LogP contribution in [0, 0.1) is 0 Å². The largest absolute Gasteiger partial charge is 0.504 e. The highest BCUT2D eigenvalue weighted by molar-refractivity contribution is 5.51. The van der Waals surface area contributed by atoms with E-state index in [9.17, 15) is 23.4 Å². The third kappa shape index (κ3) is 3.12. The molecule has 0 spiro atoms. The molecule has 0 radical (unpaired) electrons. The molecule has 0 aliphatic carbocycles. The number of rotatable bonds is 2. The van der Waals surface area contributed by atoms with E-state index < -0.39 is 23.2 Å². The van der Waals surface area contributed by atoms with Crippen LogP contribution in [0.5, 0.6) is 11.5 Å². The second-order valence-electron chi connectivity index (χ2n) is 4.82. The monoisotopic (exact) mass is 275 g/mol. The number of aromatic hydroxyl groups is 2. The highest BCUT2D eigenvalue weighted by atomic mass is 19.4. The summed E-state index contributed by atoms with van der Waals surface area (Å²) in [4.78, 5) is 0. The van der Waals surface area contributed by atoms with Crippen molar-refractivity contribution in [1.82, 2.24) is 5.32 Å². The van der Waals surface area contributed by atoms with Crippen LogP contribution in [0.1, 0.15) is 30.4 Å². The second kappa shape index (κ2) is 5.28. The molecule has 1 heterocycles. The predicted octanol–water partition coefficient (Wildman–Crippen LogP) is 2.80. The summed E-state index contributed by atoms with van der Waals surface area (Å²) in [6.45, 7) is 0.873. The van der Waals surface area contributed by atoms with E-state index in [0.717, 1.165) is 31.9 Å². The lowest BCUT2D eigenvalue weighted by Gasteiger charge is -2.24. The third-order valence-corrected chi connectivity index (χ3v) is 3.42. The number of hydrogen-bond donors (Lipinski definition) is 3. The molecule has 3 nitrogen and oxygen atoms in total. The molecule has 2 rings (SSSR count).